The van der Waals surface area contributed by atoms with Gasteiger partial charge in [0.25, 0.3) is 0 Å². The lowest BCUT2D eigenvalue weighted by Gasteiger charge is -2.04. The molecule has 2 aromatic heterocycles. The van der Waals surface area contributed by atoms with Gasteiger partial charge in [0, 0.05) is 27.8 Å². The van der Waals surface area contributed by atoms with Gasteiger partial charge in [0.15, 0.2) is 0 Å². The Kier molecular flexibility index (Phi) is 2.26. The van der Waals surface area contributed by atoms with Gasteiger partial charge in [-0.25, -0.2) is 4.98 Å². The molecule has 1 aromatic carbocycles. The van der Waals surface area contributed by atoms with Crippen molar-refractivity contribution < 1.29 is 0 Å². The molecule has 0 aliphatic rings. The van der Waals surface area contributed by atoms with E-state index in [1.165, 1.54) is 5.56 Å². The molecule has 0 radical (unpaired) electrons. The first-order chi connectivity index (χ1) is 7.86. The second-order valence-corrected chi connectivity index (χ2v) is 4.38. The summed E-state index contributed by atoms with van der Waals surface area (Å²) in [5.74, 6) is 0. The highest BCUT2D eigenvalue weighted by Crippen LogP contribution is 2.32. The average molecular weight is 273 g/mol. The van der Waals surface area contributed by atoms with Gasteiger partial charge in [-0.2, -0.15) is 0 Å². The van der Waals surface area contributed by atoms with Crippen molar-refractivity contribution in [3.63, 3.8) is 0 Å². The van der Waals surface area contributed by atoms with Gasteiger partial charge in [0.05, 0.1) is 0 Å². The number of H-pyrrole nitrogens is 1. The largest absolute Gasteiger partial charge is 0.346 e. The SMILES string of the molecule is Brc1c(-c2ccccc2)cnc2[nH]ccc12. The van der Waals surface area contributed by atoms with Crippen LogP contribution in [-0.4, -0.2) is 9.97 Å². The molecule has 0 aliphatic heterocycles. The molecular formula is C13H9BrN2. The van der Waals surface area contributed by atoms with Gasteiger partial charge in [-0.1, -0.05) is 30.3 Å². The molecule has 3 rings (SSSR count). The molecule has 1 N–H and O–H groups in total. The molecule has 3 aromatic rings. The summed E-state index contributed by atoms with van der Waals surface area (Å²) in [5, 5.41) is 1.11. The van der Waals surface area contributed by atoms with Gasteiger partial charge in [-0.05, 0) is 27.6 Å². The molecule has 0 amide bonds. The van der Waals surface area contributed by atoms with Crippen molar-refractivity contribution in [3.05, 3.63) is 53.3 Å². The average Bonchev–Trinajstić information content (AvgIpc) is 2.80. The van der Waals surface area contributed by atoms with Crippen LogP contribution in [-0.2, 0) is 0 Å². The van der Waals surface area contributed by atoms with Crippen LogP contribution in [0.25, 0.3) is 22.2 Å². The summed E-state index contributed by atoms with van der Waals surface area (Å²) in [5.41, 5.74) is 3.20. The Morgan fingerprint density at radius 1 is 1.06 bits per heavy atom. The summed E-state index contributed by atoms with van der Waals surface area (Å²) < 4.78 is 1.09. The maximum atomic E-state index is 4.39. The maximum absolute atomic E-state index is 4.39. The third-order valence-electron chi connectivity index (χ3n) is 2.61. The predicted octanol–water partition coefficient (Wildman–Crippen LogP) is 3.99. The molecule has 3 heteroatoms. The van der Waals surface area contributed by atoms with E-state index < -0.39 is 0 Å². The number of hydrogen-bond donors (Lipinski definition) is 1. The van der Waals surface area contributed by atoms with Gasteiger partial charge < -0.3 is 4.98 Å². The number of nitrogens with one attached hydrogen (secondary N) is 1. The van der Waals surface area contributed by atoms with Gasteiger partial charge in [0.1, 0.15) is 5.65 Å². The van der Waals surface area contributed by atoms with E-state index >= 15 is 0 Å². The molecule has 0 saturated carbocycles. The standard InChI is InChI=1S/C13H9BrN2/c14-12-10-6-7-15-13(10)16-8-11(12)9-4-2-1-3-5-9/h1-8H,(H,15,16). The molecule has 16 heavy (non-hydrogen) atoms. The fourth-order valence-corrected chi connectivity index (χ4v) is 2.45. The third kappa shape index (κ3) is 1.44. The van der Waals surface area contributed by atoms with Crippen LogP contribution in [0.15, 0.2) is 53.3 Å². The number of halogens is 1. The smallest absolute Gasteiger partial charge is 0.138 e. The molecular weight excluding hydrogens is 264 g/mol. The highest BCUT2D eigenvalue weighted by atomic mass is 79.9. The zero-order chi connectivity index (χ0) is 11.0. The summed E-state index contributed by atoms with van der Waals surface area (Å²) in [4.78, 5) is 7.49. The molecule has 0 saturated heterocycles. The Morgan fingerprint density at radius 2 is 1.88 bits per heavy atom. The van der Waals surface area contributed by atoms with E-state index in [4.69, 9.17) is 0 Å². The molecule has 0 fully saturated rings. The Bertz CT molecular complexity index is 629. The van der Waals surface area contributed by atoms with E-state index in [2.05, 4.69) is 38.0 Å². The summed E-state index contributed by atoms with van der Waals surface area (Å²) in [6, 6.07) is 12.3. The zero-order valence-corrected chi connectivity index (χ0v) is 10.0. The maximum Gasteiger partial charge on any atom is 0.138 e. The number of nitrogens with zero attached hydrogens (tertiary/aromatic N) is 1. The Balaban J connectivity index is 2.28. The van der Waals surface area contributed by atoms with E-state index in [1.54, 1.807) is 0 Å². The Hall–Kier alpha value is -1.61. The van der Waals surface area contributed by atoms with Crippen molar-refractivity contribution in [3.8, 4) is 11.1 Å². The minimum absolute atomic E-state index is 0.909. The topological polar surface area (TPSA) is 28.7 Å². The van der Waals surface area contributed by atoms with E-state index in [1.807, 2.05) is 36.7 Å². The Labute approximate surface area is 101 Å². The number of fused-ring (bicyclic) bond motifs is 1. The number of hydrogen-bond acceptors (Lipinski definition) is 1. The van der Waals surface area contributed by atoms with Crippen molar-refractivity contribution in [1.29, 1.82) is 0 Å². The molecule has 0 unspecified atom stereocenters. The fourth-order valence-electron chi connectivity index (χ4n) is 1.79. The lowest BCUT2D eigenvalue weighted by atomic mass is 10.1. The van der Waals surface area contributed by atoms with E-state index in [0.717, 1.165) is 21.1 Å². The molecule has 78 valence electrons. The summed E-state index contributed by atoms with van der Waals surface area (Å²) in [7, 11) is 0. The zero-order valence-electron chi connectivity index (χ0n) is 8.44. The van der Waals surface area contributed by atoms with Crippen LogP contribution in [0.2, 0.25) is 0 Å². The number of rotatable bonds is 1. The van der Waals surface area contributed by atoms with Crippen LogP contribution in [0.3, 0.4) is 0 Å². The van der Waals surface area contributed by atoms with Crippen molar-refractivity contribution in [1.82, 2.24) is 9.97 Å². The van der Waals surface area contributed by atoms with Crippen LogP contribution in [0.1, 0.15) is 0 Å². The van der Waals surface area contributed by atoms with Gasteiger partial charge in [-0.15, -0.1) is 0 Å². The van der Waals surface area contributed by atoms with Gasteiger partial charge >= 0.3 is 0 Å². The lowest BCUT2D eigenvalue weighted by molar-refractivity contribution is 1.32. The predicted molar refractivity (Wildman–Crippen MR) is 69.2 cm³/mol. The Morgan fingerprint density at radius 3 is 2.69 bits per heavy atom. The van der Waals surface area contributed by atoms with Crippen molar-refractivity contribution in [2.45, 2.75) is 0 Å². The monoisotopic (exact) mass is 272 g/mol. The minimum atomic E-state index is 0.909. The first kappa shape index (κ1) is 9.60. The van der Waals surface area contributed by atoms with E-state index in [9.17, 15) is 0 Å². The number of aromatic amines is 1. The lowest BCUT2D eigenvalue weighted by Crippen LogP contribution is -1.84. The summed E-state index contributed by atoms with van der Waals surface area (Å²) in [6.07, 6.45) is 3.79. The molecule has 0 spiro atoms. The summed E-state index contributed by atoms with van der Waals surface area (Å²) >= 11 is 3.64. The van der Waals surface area contributed by atoms with Gasteiger partial charge in [0.2, 0.25) is 0 Å². The third-order valence-corrected chi connectivity index (χ3v) is 3.46. The number of pyridine rings is 1. The highest BCUT2D eigenvalue weighted by molar-refractivity contribution is 9.10. The second-order valence-electron chi connectivity index (χ2n) is 3.59. The quantitative estimate of drug-likeness (QED) is 0.713. The van der Waals surface area contributed by atoms with Crippen LogP contribution in [0.5, 0.6) is 0 Å². The van der Waals surface area contributed by atoms with Gasteiger partial charge in [-0.3, -0.25) is 0 Å². The van der Waals surface area contributed by atoms with Crippen molar-refractivity contribution >= 4 is 27.0 Å². The molecule has 0 atom stereocenters. The normalized spacial score (nSPS) is 10.8. The first-order valence-electron chi connectivity index (χ1n) is 5.03. The van der Waals surface area contributed by atoms with Crippen molar-refractivity contribution in [2.24, 2.45) is 0 Å². The number of benzene rings is 1. The van der Waals surface area contributed by atoms with Crippen LogP contribution in [0.4, 0.5) is 0 Å². The summed E-state index contributed by atoms with van der Waals surface area (Å²) in [6.45, 7) is 0. The molecule has 0 aliphatic carbocycles. The van der Waals surface area contributed by atoms with Crippen LogP contribution < -0.4 is 0 Å². The molecule has 0 bridgehead atoms. The number of aromatic nitrogens is 2. The highest BCUT2D eigenvalue weighted by Gasteiger charge is 2.08. The van der Waals surface area contributed by atoms with Crippen LogP contribution >= 0.6 is 15.9 Å². The van der Waals surface area contributed by atoms with Crippen LogP contribution in [0, 0.1) is 0 Å². The first-order valence-corrected chi connectivity index (χ1v) is 5.82. The fraction of sp³-hybridized carbons (Fsp3) is 0. The second kappa shape index (κ2) is 3.76. The van der Waals surface area contributed by atoms with Crippen molar-refractivity contribution in [2.75, 3.05) is 0 Å². The van der Waals surface area contributed by atoms with E-state index in [0.29, 0.717) is 0 Å². The minimum Gasteiger partial charge on any atom is -0.346 e. The van der Waals surface area contributed by atoms with E-state index in [-0.39, 0.29) is 0 Å². The molecule has 2 heterocycles. The molecule has 2 nitrogen and oxygen atoms in total.